The molecule has 0 spiro atoms. The van der Waals surface area contributed by atoms with Crippen LogP contribution in [-0.4, -0.2) is 36.3 Å². The van der Waals surface area contributed by atoms with Crippen LogP contribution < -0.4 is 10.6 Å². The number of amides is 2. The number of likely N-dealkylation sites (tertiary alicyclic amines) is 1. The standard InChI is InChI=1S/C24H31N3O2/c1-2-3-15-25-24(29)21-9-5-6-10-22(21)26-23(28)20-13-11-19(12-14-20)18-27-16-7-4-8-17-27/h5-6,9-14H,2-4,7-8,15-18H2,1H3,(H,25,29)(H,26,28). The van der Waals surface area contributed by atoms with Gasteiger partial charge in [0.25, 0.3) is 11.8 Å². The predicted octanol–water partition coefficient (Wildman–Crippen LogP) is 4.45. The monoisotopic (exact) mass is 393 g/mol. The van der Waals surface area contributed by atoms with Crippen LogP contribution in [0.2, 0.25) is 0 Å². The largest absolute Gasteiger partial charge is 0.352 e. The van der Waals surface area contributed by atoms with Crippen LogP contribution in [0.1, 0.15) is 65.3 Å². The maximum absolute atomic E-state index is 12.7. The van der Waals surface area contributed by atoms with Gasteiger partial charge in [-0.25, -0.2) is 0 Å². The van der Waals surface area contributed by atoms with Crippen LogP contribution >= 0.6 is 0 Å². The number of unbranched alkanes of at least 4 members (excludes halogenated alkanes) is 1. The Morgan fingerprint density at radius 1 is 0.931 bits per heavy atom. The zero-order valence-corrected chi connectivity index (χ0v) is 17.2. The average molecular weight is 394 g/mol. The molecule has 2 aromatic rings. The van der Waals surface area contributed by atoms with Crippen LogP contribution in [0, 0.1) is 0 Å². The highest BCUT2D eigenvalue weighted by Gasteiger charge is 2.14. The molecule has 5 heteroatoms. The molecule has 1 heterocycles. The van der Waals surface area contributed by atoms with Gasteiger partial charge in [-0.3, -0.25) is 14.5 Å². The van der Waals surface area contributed by atoms with Gasteiger partial charge in [-0.2, -0.15) is 0 Å². The van der Waals surface area contributed by atoms with Crippen molar-refractivity contribution in [2.75, 3.05) is 25.0 Å². The Bertz CT molecular complexity index is 811. The number of anilines is 1. The summed E-state index contributed by atoms with van der Waals surface area (Å²) in [6, 6.07) is 14.9. The van der Waals surface area contributed by atoms with Gasteiger partial charge in [-0.1, -0.05) is 44.0 Å². The molecule has 0 aliphatic carbocycles. The van der Waals surface area contributed by atoms with Crippen molar-refractivity contribution in [3.63, 3.8) is 0 Å². The Kier molecular flexibility index (Phi) is 7.82. The van der Waals surface area contributed by atoms with Crippen LogP contribution in [0.5, 0.6) is 0 Å². The number of carbonyl (C=O) groups excluding carboxylic acids is 2. The van der Waals surface area contributed by atoms with Gasteiger partial charge in [0.15, 0.2) is 0 Å². The second kappa shape index (κ2) is 10.8. The van der Waals surface area contributed by atoms with E-state index >= 15 is 0 Å². The van der Waals surface area contributed by atoms with Gasteiger partial charge >= 0.3 is 0 Å². The average Bonchev–Trinajstić information content (AvgIpc) is 2.75. The van der Waals surface area contributed by atoms with E-state index in [1.807, 2.05) is 30.3 Å². The minimum absolute atomic E-state index is 0.161. The Labute approximate surface area is 173 Å². The summed E-state index contributed by atoms with van der Waals surface area (Å²) in [5.74, 6) is -0.366. The molecular weight excluding hydrogens is 362 g/mol. The highest BCUT2D eigenvalue weighted by Crippen LogP contribution is 2.18. The van der Waals surface area contributed by atoms with Crippen molar-refractivity contribution in [2.45, 2.75) is 45.6 Å². The SMILES string of the molecule is CCCCNC(=O)c1ccccc1NC(=O)c1ccc(CN2CCCCC2)cc1. The third kappa shape index (κ3) is 6.16. The second-order valence-electron chi connectivity index (χ2n) is 7.64. The van der Waals surface area contributed by atoms with Crippen molar-refractivity contribution in [1.29, 1.82) is 0 Å². The van der Waals surface area contributed by atoms with Gasteiger partial charge < -0.3 is 10.6 Å². The van der Waals surface area contributed by atoms with E-state index in [4.69, 9.17) is 0 Å². The fraction of sp³-hybridized carbons (Fsp3) is 0.417. The summed E-state index contributed by atoms with van der Waals surface area (Å²) in [7, 11) is 0. The fourth-order valence-electron chi connectivity index (χ4n) is 3.60. The third-order valence-corrected chi connectivity index (χ3v) is 5.31. The first-order chi connectivity index (χ1) is 14.2. The molecule has 5 nitrogen and oxygen atoms in total. The molecule has 1 fully saturated rings. The Balaban J connectivity index is 1.62. The Hall–Kier alpha value is -2.66. The lowest BCUT2D eigenvalue weighted by Gasteiger charge is -2.26. The molecule has 1 aliphatic heterocycles. The van der Waals surface area contributed by atoms with Crippen molar-refractivity contribution in [2.24, 2.45) is 0 Å². The molecular formula is C24H31N3O2. The van der Waals surface area contributed by atoms with Crippen molar-refractivity contribution in [1.82, 2.24) is 10.2 Å². The molecule has 0 aromatic heterocycles. The molecule has 2 N–H and O–H groups in total. The number of nitrogens with one attached hydrogen (secondary N) is 2. The minimum Gasteiger partial charge on any atom is -0.352 e. The lowest BCUT2D eigenvalue weighted by Crippen LogP contribution is -2.29. The minimum atomic E-state index is -0.205. The second-order valence-corrected chi connectivity index (χ2v) is 7.64. The van der Waals surface area contributed by atoms with Crippen LogP contribution in [-0.2, 0) is 6.54 Å². The highest BCUT2D eigenvalue weighted by molar-refractivity contribution is 6.09. The van der Waals surface area contributed by atoms with Crippen LogP contribution in [0.3, 0.4) is 0 Å². The number of rotatable bonds is 8. The topological polar surface area (TPSA) is 61.4 Å². The van der Waals surface area contributed by atoms with Crippen LogP contribution in [0.25, 0.3) is 0 Å². The van der Waals surface area contributed by atoms with E-state index in [1.54, 1.807) is 18.2 Å². The van der Waals surface area contributed by atoms with Crippen molar-refractivity contribution in [3.05, 3.63) is 65.2 Å². The van der Waals surface area contributed by atoms with Crippen molar-refractivity contribution >= 4 is 17.5 Å². The smallest absolute Gasteiger partial charge is 0.255 e. The molecule has 0 atom stereocenters. The van der Waals surface area contributed by atoms with Crippen LogP contribution in [0.15, 0.2) is 48.5 Å². The van der Waals surface area contributed by atoms with E-state index in [9.17, 15) is 9.59 Å². The maximum atomic E-state index is 12.7. The first-order valence-electron chi connectivity index (χ1n) is 10.7. The lowest BCUT2D eigenvalue weighted by molar-refractivity contribution is 0.0954. The van der Waals surface area contributed by atoms with Crippen molar-refractivity contribution < 1.29 is 9.59 Å². The Morgan fingerprint density at radius 2 is 1.66 bits per heavy atom. The van der Waals surface area contributed by atoms with Gasteiger partial charge in [-0.15, -0.1) is 0 Å². The van der Waals surface area contributed by atoms with Gasteiger partial charge in [0.2, 0.25) is 0 Å². The van der Waals surface area contributed by atoms with E-state index < -0.39 is 0 Å². The third-order valence-electron chi connectivity index (χ3n) is 5.31. The van der Waals surface area contributed by atoms with Gasteiger partial charge in [-0.05, 0) is 62.2 Å². The maximum Gasteiger partial charge on any atom is 0.255 e. The zero-order valence-electron chi connectivity index (χ0n) is 17.2. The first-order valence-corrected chi connectivity index (χ1v) is 10.7. The van der Waals surface area contributed by atoms with Crippen LogP contribution in [0.4, 0.5) is 5.69 Å². The molecule has 0 unspecified atom stereocenters. The molecule has 3 rings (SSSR count). The molecule has 29 heavy (non-hydrogen) atoms. The molecule has 0 saturated carbocycles. The summed E-state index contributed by atoms with van der Waals surface area (Å²) in [5, 5.41) is 5.79. The number of piperidine rings is 1. The summed E-state index contributed by atoms with van der Waals surface area (Å²) >= 11 is 0. The first kappa shape index (κ1) is 21.1. The summed E-state index contributed by atoms with van der Waals surface area (Å²) in [6.07, 6.45) is 5.82. The number of benzene rings is 2. The van der Waals surface area contributed by atoms with Crippen molar-refractivity contribution in [3.8, 4) is 0 Å². The zero-order chi connectivity index (χ0) is 20.5. The fourth-order valence-corrected chi connectivity index (χ4v) is 3.60. The number of hydrogen-bond acceptors (Lipinski definition) is 3. The Morgan fingerprint density at radius 3 is 2.38 bits per heavy atom. The number of para-hydroxylation sites is 1. The predicted molar refractivity (Wildman–Crippen MR) is 117 cm³/mol. The molecule has 0 bridgehead atoms. The molecule has 1 saturated heterocycles. The highest BCUT2D eigenvalue weighted by atomic mass is 16.2. The van der Waals surface area contributed by atoms with E-state index in [0.29, 0.717) is 23.4 Å². The van der Waals surface area contributed by atoms with Gasteiger partial charge in [0, 0.05) is 18.7 Å². The molecule has 2 amide bonds. The number of carbonyl (C=O) groups is 2. The summed E-state index contributed by atoms with van der Waals surface area (Å²) in [6.45, 7) is 5.95. The molecule has 2 aromatic carbocycles. The van der Waals surface area contributed by atoms with E-state index in [-0.39, 0.29) is 11.8 Å². The lowest BCUT2D eigenvalue weighted by atomic mass is 10.1. The molecule has 154 valence electrons. The van der Waals surface area contributed by atoms with Gasteiger partial charge in [0.1, 0.15) is 0 Å². The van der Waals surface area contributed by atoms with E-state index in [0.717, 1.165) is 32.5 Å². The number of hydrogen-bond donors (Lipinski definition) is 2. The summed E-state index contributed by atoms with van der Waals surface area (Å²) in [5.41, 5.74) is 2.83. The molecule has 0 radical (unpaired) electrons. The summed E-state index contributed by atoms with van der Waals surface area (Å²) in [4.78, 5) is 27.6. The normalized spacial score (nSPS) is 14.4. The molecule has 1 aliphatic rings. The van der Waals surface area contributed by atoms with E-state index in [1.165, 1.54) is 24.8 Å². The van der Waals surface area contributed by atoms with Gasteiger partial charge in [0.05, 0.1) is 11.3 Å². The number of nitrogens with zero attached hydrogens (tertiary/aromatic N) is 1. The summed E-state index contributed by atoms with van der Waals surface area (Å²) < 4.78 is 0. The van der Waals surface area contributed by atoms with E-state index in [2.05, 4.69) is 22.5 Å². The quantitative estimate of drug-likeness (QED) is 0.651.